The molecule has 6 heteroatoms. The first kappa shape index (κ1) is 17.6. The Morgan fingerprint density at radius 1 is 1.30 bits per heavy atom. The Hall–Kier alpha value is -0.460. The average molecular weight is 333 g/mol. The van der Waals surface area contributed by atoms with Crippen molar-refractivity contribution in [3.8, 4) is 5.75 Å². The summed E-state index contributed by atoms with van der Waals surface area (Å²) in [5.74, 6) is 0.758. The summed E-state index contributed by atoms with van der Waals surface area (Å²) in [6.45, 7) is 6.32. The monoisotopic (exact) mass is 332 g/mol. The minimum atomic E-state index is -0.676. The molecule has 1 aromatic carbocycles. The van der Waals surface area contributed by atoms with Gasteiger partial charge in [0.25, 0.3) is 0 Å². The molecular weight excluding hydrogens is 312 g/mol. The zero-order chi connectivity index (χ0) is 15.2. The predicted molar refractivity (Wildman–Crippen MR) is 90.3 cm³/mol. The summed E-state index contributed by atoms with van der Waals surface area (Å²) < 4.78 is 10.2. The van der Waals surface area contributed by atoms with Gasteiger partial charge in [0.05, 0.1) is 6.26 Å². The summed E-state index contributed by atoms with van der Waals surface area (Å²) in [6, 6.07) is 7.32. The maximum atomic E-state index is 11.5. The number of benzene rings is 1. The topological polar surface area (TPSA) is 35.5 Å². The summed E-state index contributed by atoms with van der Waals surface area (Å²) in [4.78, 5) is 12.6. The summed E-state index contributed by atoms with van der Waals surface area (Å²) in [5.41, 5.74) is 0. The van der Waals surface area contributed by atoms with Gasteiger partial charge in [0.1, 0.15) is 10.6 Å². The lowest BCUT2D eigenvalue weighted by molar-refractivity contribution is 0.116. The lowest BCUT2D eigenvalue weighted by Crippen LogP contribution is -2.11. The molecule has 0 fully saturated rings. The highest BCUT2D eigenvalue weighted by Crippen LogP contribution is 2.34. The van der Waals surface area contributed by atoms with E-state index in [0.29, 0.717) is 5.75 Å². The number of hydrogen-bond acceptors (Lipinski definition) is 5. The molecule has 1 rings (SSSR count). The van der Waals surface area contributed by atoms with Crippen molar-refractivity contribution in [2.75, 3.05) is 12.2 Å². The molecule has 3 nitrogen and oxygen atoms in total. The van der Waals surface area contributed by atoms with Crippen LogP contribution in [0.4, 0.5) is 4.79 Å². The fraction of sp³-hybridized carbons (Fsp3) is 0.429. The van der Waals surface area contributed by atoms with Gasteiger partial charge in [-0.3, -0.25) is 0 Å². The SMILES string of the molecule is [CH2-][S+](C)c1ccc(OC(=O)OCSSC(C)(C)C)cc1. The number of carbonyl (C=O) groups excluding carboxylic acids is 1. The predicted octanol–water partition coefficient (Wildman–Crippen LogP) is 4.74. The molecule has 20 heavy (non-hydrogen) atoms. The van der Waals surface area contributed by atoms with E-state index in [1.807, 2.05) is 18.4 Å². The third kappa shape index (κ3) is 7.36. The van der Waals surface area contributed by atoms with Crippen LogP contribution in [0.3, 0.4) is 0 Å². The van der Waals surface area contributed by atoms with Crippen LogP contribution < -0.4 is 4.74 Å². The Bertz CT molecular complexity index is 424. The maximum Gasteiger partial charge on any atom is 0.514 e. The first-order valence-electron chi connectivity index (χ1n) is 5.99. The van der Waals surface area contributed by atoms with E-state index in [9.17, 15) is 4.79 Å². The van der Waals surface area contributed by atoms with E-state index in [1.54, 1.807) is 22.9 Å². The molecule has 0 amide bonds. The van der Waals surface area contributed by atoms with Crippen molar-refractivity contribution in [2.24, 2.45) is 0 Å². The highest BCUT2D eigenvalue weighted by molar-refractivity contribution is 8.77. The van der Waals surface area contributed by atoms with Gasteiger partial charge in [-0.15, -0.1) is 17.2 Å². The lowest BCUT2D eigenvalue weighted by Gasteiger charge is -2.15. The van der Waals surface area contributed by atoms with Gasteiger partial charge in [-0.25, -0.2) is 4.79 Å². The van der Waals surface area contributed by atoms with Crippen LogP contribution in [0.2, 0.25) is 0 Å². The summed E-state index contributed by atoms with van der Waals surface area (Å²) >= 11 is 0. The van der Waals surface area contributed by atoms with E-state index in [1.165, 1.54) is 10.8 Å². The van der Waals surface area contributed by atoms with Crippen LogP contribution >= 0.6 is 21.6 Å². The molecule has 0 bridgehead atoms. The quantitative estimate of drug-likeness (QED) is 0.148. The number of hydrogen-bond donors (Lipinski definition) is 0. The molecule has 1 aromatic rings. The van der Waals surface area contributed by atoms with Gasteiger partial charge in [0, 0.05) is 4.75 Å². The standard InChI is InChI=1S/C14H20O3S3/c1-14(2,3)19-18-10-16-13(15)17-11-6-8-12(9-7-11)20(4)5/h6-9H,4,10H2,1-3,5H3. The van der Waals surface area contributed by atoms with Crippen molar-refractivity contribution in [1.82, 2.24) is 0 Å². The molecule has 0 N–H and O–H groups in total. The Kier molecular flexibility index (Phi) is 7.12. The maximum absolute atomic E-state index is 11.5. The summed E-state index contributed by atoms with van der Waals surface area (Å²) in [7, 11) is 3.11. The third-order valence-electron chi connectivity index (χ3n) is 1.96. The van der Waals surface area contributed by atoms with Crippen molar-refractivity contribution in [3.63, 3.8) is 0 Å². The molecule has 1 atom stereocenters. The van der Waals surface area contributed by atoms with Crippen LogP contribution in [0.15, 0.2) is 29.2 Å². The van der Waals surface area contributed by atoms with E-state index < -0.39 is 6.16 Å². The molecule has 0 aliphatic carbocycles. The van der Waals surface area contributed by atoms with Crippen LogP contribution in [0.1, 0.15) is 20.8 Å². The molecule has 112 valence electrons. The highest BCUT2D eigenvalue weighted by atomic mass is 33.1. The normalized spacial score (nSPS) is 12.8. The third-order valence-corrected chi connectivity index (χ3v) is 6.01. The largest absolute Gasteiger partial charge is 0.514 e. The molecule has 0 aliphatic rings. The molecule has 0 aliphatic heterocycles. The van der Waals surface area contributed by atoms with Gasteiger partial charge >= 0.3 is 6.16 Å². The summed E-state index contributed by atoms with van der Waals surface area (Å²) in [6.07, 6.45) is 5.32. The molecule has 0 saturated heterocycles. The van der Waals surface area contributed by atoms with Gasteiger partial charge in [0.2, 0.25) is 0 Å². The zero-order valence-corrected chi connectivity index (χ0v) is 14.6. The fourth-order valence-electron chi connectivity index (χ4n) is 1.14. The minimum absolute atomic E-state index is 0.0424. The van der Waals surface area contributed by atoms with Gasteiger partial charge in [0.15, 0.2) is 5.94 Å². The molecule has 0 aromatic heterocycles. The van der Waals surface area contributed by atoms with Crippen molar-refractivity contribution in [2.45, 2.75) is 30.4 Å². The fourth-order valence-corrected chi connectivity index (χ4v) is 3.63. The molecule has 0 radical (unpaired) electrons. The van der Waals surface area contributed by atoms with Crippen molar-refractivity contribution >= 4 is 38.6 Å². The second kappa shape index (κ2) is 8.10. The first-order valence-corrected chi connectivity index (χ1v) is 10.1. The number of ether oxygens (including phenoxy) is 2. The van der Waals surface area contributed by atoms with E-state index in [4.69, 9.17) is 9.47 Å². The minimum Gasteiger partial charge on any atom is -0.422 e. The number of carbonyl (C=O) groups is 1. The zero-order valence-electron chi connectivity index (χ0n) is 12.2. The van der Waals surface area contributed by atoms with Gasteiger partial charge in [-0.2, -0.15) is 0 Å². The van der Waals surface area contributed by atoms with E-state index in [-0.39, 0.29) is 21.6 Å². The van der Waals surface area contributed by atoms with Crippen molar-refractivity contribution in [3.05, 3.63) is 30.5 Å². The van der Waals surface area contributed by atoms with Crippen molar-refractivity contribution in [1.29, 1.82) is 0 Å². The lowest BCUT2D eigenvalue weighted by atomic mass is 10.3. The second-order valence-electron chi connectivity index (χ2n) is 5.04. The molecule has 0 heterocycles. The first-order chi connectivity index (χ1) is 9.28. The summed E-state index contributed by atoms with van der Waals surface area (Å²) in [5, 5.41) is 0. The highest BCUT2D eigenvalue weighted by Gasteiger charge is 2.12. The van der Waals surface area contributed by atoms with Crippen LogP contribution in [0, 0.1) is 6.26 Å². The van der Waals surface area contributed by atoms with Crippen LogP contribution in [-0.4, -0.2) is 23.1 Å². The van der Waals surface area contributed by atoms with Gasteiger partial charge in [-0.05, 0) is 24.3 Å². The average Bonchev–Trinajstić information content (AvgIpc) is 2.34. The Morgan fingerprint density at radius 2 is 1.90 bits per heavy atom. The smallest absolute Gasteiger partial charge is 0.422 e. The molecule has 0 spiro atoms. The second-order valence-corrected chi connectivity index (χ2v) is 9.85. The van der Waals surface area contributed by atoms with Crippen molar-refractivity contribution < 1.29 is 14.3 Å². The van der Waals surface area contributed by atoms with Gasteiger partial charge < -0.3 is 9.47 Å². The van der Waals surface area contributed by atoms with E-state index >= 15 is 0 Å². The van der Waals surface area contributed by atoms with Crippen LogP contribution in [-0.2, 0) is 15.6 Å². The van der Waals surface area contributed by atoms with Crippen LogP contribution in [0.25, 0.3) is 0 Å². The Morgan fingerprint density at radius 3 is 2.40 bits per heavy atom. The molecule has 0 saturated carbocycles. The van der Waals surface area contributed by atoms with E-state index in [0.717, 1.165) is 4.90 Å². The Balaban J connectivity index is 2.32. The Labute approximate surface area is 131 Å². The van der Waals surface area contributed by atoms with E-state index in [2.05, 4.69) is 27.0 Å². The molecular formula is C14H20O3S3. The molecule has 1 unspecified atom stereocenters. The van der Waals surface area contributed by atoms with Crippen LogP contribution in [0.5, 0.6) is 5.75 Å². The number of rotatable bonds is 5. The van der Waals surface area contributed by atoms with Gasteiger partial charge in [-0.1, -0.05) is 42.4 Å².